The zero-order valence-corrected chi connectivity index (χ0v) is 13.6. The van der Waals surface area contributed by atoms with Crippen LogP contribution in [-0.2, 0) is 16.1 Å². The Balaban J connectivity index is 1.60. The molecule has 2 N–H and O–H groups in total. The molecule has 24 heavy (non-hydrogen) atoms. The van der Waals surface area contributed by atoms with Gasteiger partial charge in [-0.05, 0) is 54.8 Å². The first-order valence-corrected chi connectivity index (χ1v) is 7.97. The van der Waals surface area contributed by atoms with Crippen LogP contribution < -0.4 is 10.6 Å². The van der Waals surface area contributed by atoms with Crippen LogP contribution in [0.1, 0.15) is 18.4 Å². The highest BCUT2D eigenvalue weighted by molar-refractivity contribution is 6.30. The average molecular weight is 347 g/mol. The van der Waals surface area contributed by atoms with E-state index >= 15 is 0 Å². The Morgan fingerprint density at radius 2 is 1.62 bits per heavy atom. The molecule has 0 heterocycles. The van der Waals surface area contributed by atoms with Gasteiger partial charge in [0.1, 0.15) is 11.2 Å². The number of anilines is 1. The molecule has 2 aromatic rings. The van der Waals surface area contributed by atoms with Crippen molar-refractivity contribution in [3.8, 4) is 0 Å². The molecule has 0 bridgehead atoms. The number of carbonyl (C=O) groups is 2. The Kier molecular flexibility index (Phi) is 4.53. The first kappa shape index (κ1) is 16.5. The van der Waals surface area contributed by atoms with Crippen molar-refractivity contribution in [3.63, 3.8) is 0 Å². The predicted molar refractivity (Wildman–Crippen MR) is 90.0 cm³/mol. The van der Waals surface area contributed by atoms with Crippen molar-refractivity contribution in [1.82, 2.24) is 5.32 Å². The largest absolute Gasteiger partial charge is 0.351 e. The van der Waals surface area contributed by atoms with E-state index in [0.717, 1.165) is 5.56 Å². The van der Waals surface area contributed by atoms with E-state index in [9.17, 15) is 14.0 Å². The summed E-state index contributed by atoms with van der Waals surface area (Å²) in [6.45, 7) is 0.335. The number of hydrogen-bond acceptors (Lipinski definition) is 2. The SMILES string of the molecule is O=C(NCc1ccc(Cl)cc1)C1(C(=O)Nc2ccc(F)cc2)CC1. The van der Waals surface area contributed by atoms with E-state index < -0.39 is 5.41 Å². The summed E-state index contributed by atoms with van der Waals surface area (Å²) in [6.07, 6.45) is 1.01. The molecule has 4 nitrogen and oxygen atoms in total. The number of hydrogen-bond donors (Lipinski definition) is 2. The molecule has 1 aliphatic rings. The Labute approximate surface area is 144 Å². The molecule has 1 aliphatic carbocycles. The van der Waals surface area contributed by atoms with Crippen LogP contribution in [0.3, 0.4) is 0 Å². The number of amides is 2. The van der Waals surface area contributed by atoms with E-state index in [4.69, 9.17) is 11.6 Å². The van der Waals surface area contributed by atoms with Gasteiger partial charge in [0.2, 0.25) is 11.8 Å². The summed E-state index contributed by atoms with van der Waals surface area (Å²) < 4.78 is 12.9. The number of rotatable bonds is 5. The fourth-order valence-electron chi connectivity index (χ4n) is 2.42. The fourth-order valence-corrected chi connectivity index (χ4v) is 2.55. The number of benzene rings is 2. The first-order chi connectivity index (χ1) is 11.5. The first-order valence-electron chi connectivity index (χ1n) is 7.59. The topological polar surface area (TPSA) is 58.2 Å². The minimum absolute atomic E-state index is 0.294. The monoisotopic (exact) mass is 346 g/mol. The third-order valence-corrected chi connectivity index (χ3v) is 4.34. The third kappa shape index (κ3) is 3.57. The summed E-state index contributed by atoms with van der Waals surface area (Å²) in [5.74, 6) is -1.03. The van der Waals surface area contributed by atoms with E-state index in [0.29, 0.717) is 30.1 Å². The maximum absolute atomic E-state index is 12.9. The van der Waals surface area contributed by atoms with Crippen LogP contribution in [0.4, 0.5) is 10.1 Å². The van der Waals surface area contributed by atoms with Gasteiger partial charge in [-0.25, -0.2) is 4.39 Å². The average Bonchev–Trinajstić information content (AvgIpc) is 3.38. The number of nitrogens with one attached hydrogen (secondary N) is 2. The van der Waals surface area contributed by atoms with Crippen molar-refractivity contribution < 1.29 is 14.0 Å². The van der Waals surface area contributed by atoms with Crippen molar-refractivity contribution in [3.05, 3.63) is 64.9 Å². The van der Waals surface area contributed by atoms with Crippen LogP contribution in [0.15, 0.2) is 48.5 Å². The van der Waals surface area contributed by atoms with E-state index in [1.165, 1.54) is 24.3 Å². The molecule has 0 spiro atoms. The summed E-state index contributed by atoms with van der Waals surface area (Å²) in [5, 5.41) is 6.10. The second kappa shape index (κ2) is 6.61. The van der Waals surface area contributed by atoms with Crippen LogP contribution in [0.25, 0.3) is 0 Å². The lowest BCUT2D eigenvalue weighted by atomic mass is 10.0. The Hall–Kier alpha value is -2.40. The third-order valence-electron chi connectivity index (χ3n) is 4.09. The summed E-state index contributed by atoms with van der Waals surface area (Å²) in [4.78, 5) is 24.8. The molecule has 6 heteroatoms. The molecule has 0 unspecified atom stereocenters. The molecule has 2 amide bonds. The molecule has 1 saturated carbocycles. The van der Waals surface area contributed by atoms with Gasteiger partial charge in [0.15, 0.2) is 0 Å². The minimum Gasteiger partial charge on any atom is -0.351 e. The van der Waals surface area contributed by atoms with Gasteiger partial charge in [0.25, 0.3) is 0 Å². The fraction of sp³-hybridized carbons (Fsp3) is 0.222. The number of halogens is 2. The van der Waals surface area contributed by atoms with Gasteiger partial charge in [-0.1, -0.05) is 23.7 Å². The Bertz CT molecular complexity index is 756. The summed E-state index contributed by atoms with van der Waals surface area (Å²) >= 11 is 5.82. The van der Waals surface area contributed by atoms with E-state index in [1.807, 2.05) is 12.1 Å². The highest BCUT2D eigenvalue weighted by Gasteiger charge is 2.56. The lowest BCUT2D eigenvalue weighted by molar-refractivity contribution is -0.134. The smallest absolute Gasteiger partial charge is 0.240 e. The summed E-state index contributed by atoms with van der Waals surface area (Å²) in [7, 11) is 0. The van der Waals surface area contributed by atoms with Crippen LogP contribution in [0, 0.1) is 11.2 Å². The zero-order chi connectivity index (χ0) is 17.2. The van der Waals surface area contributed by atoms with Gasteiger partial charge in [-0.2, -0.15) is 0 Å². The van der Waals surface area contributed by atoms with Gasteiger partial charge in [-0.15, -0.1) is 0 Å². The second-order valence-electron chi connectivity index (χ2n) is 5.85. The molecule has 3 rings (SSSR count). The van der Waals surface area contributed by atoms with Crippen molar-refractivity contribution in [1.29, 1.82) is 0 Å². The van der Waals surface area contributed by atoms with Crippen LogP contribution in [0.2, 0.25) is 5.02 Å². The molecule has 0 saturated heterocycles. The van der Waals surface area contributed by atoms with Crippen LogP contribution >= 0.6 is 11.6 Å². The molecule has 0 atom stereocenters. The van der Waals surface area contributed by atoms with Crippen LogP contribution in [0.5, 0.6) is 0 Å². The second-order valence-corrected chi connectivity index (χ2v) is 6.29. The van der Waals surface area contributed by atoms with E-state index in [-0.39, 0.29) is 17.6 Å². The number of carbonyl (C=O) groups excluding carboxylic acids is 2. The lowest BCUT2D eigenvalue weighted by Gasteiger charge is -2.15. The highest BCUT2D eigenvalue weighted by Crippen LogP contribution is 2.46. The van der Waals surface area contributed by atoms with Gasteiger partial charge in [-0.3, -0.25) is 9.59 Å². The molecule has 0 aliphatic heterocycles. The molecular weight excluding hydrogens is 331 g/mol. The van der Waals surface area contributed by atoms with E-state index in [1.54, 1.807) is 12.1 Å². The standard InChI is InChI=1S/C18H16ClFN2O2/c19-13-3-1-12(2-4-13)11-21-16(23)18(9-10-18)17(24)22-15-7-5-14(20)6-8-15/h1-8H,9-11H2,(H,21,23)(H,22,24). The van der Waals surface area contributed by atoms with Gasteiger partial charge < -0.3 is 10.6 Å². The molecule has 0 radical (unpaired) electrons. The van der Waals surface area contributed by atoms with Crippen molar-refractivity contribution in [2.75, 3.05) is 5.32 Å². The maximum Gasteiger partial charge on any atom is 0.240 e. The Morgan fingerprint density at radius 3 is 2.21 bits per heavy atom. The molecular formula is C18H16ClFN2O2. The van der Waals surface area contributed by atoms with Crippen molar-refractivity contribution in [2.45, 2.75) is 19.4 Å². The van der Waals surface area contributed by atoms with Gasteiger partial charge in [0, 0.05) is 17.3 Å². The molecule has 124 valence electrons. The molecule has 1 fully saturated rings. The zero-order valence-electron chi connectivity index (χ0n) is 12.8. The highest BCUT2D eigenvalue weighted by atomic mass is 35.5. The summed E-state index contributed by atoms with van der Waals surface area (Å²) in [6, 6.07) is 12.6. The van der Waals surface area contributed by atoms with E-state index in [2.05, 4.69) is 10.6 Å². The quantitative estimate of drug-likeness (QED) is 0.814. The lowest BCUT2D eigenvalue weighted by Crippen LogP contribution is -2.39. The molecule has 0 aromatic heterocycles. The Morgan fingerprint density at radius 1 is 1.00 bits per heavy atom. The van der Waals surface area contributed by atoms with Crippen molar-refractivity contribution in [2.24, 2.45) is 5.41 Å². The minimum atomic E-state index is -1.03. The van der Waals surface area contributed by atoms with Crippen molar-refractivity contribution >= 4 is 29.1 Å². The van der Waals surface area contributed by atoms with Gasteiger partial charge >= 0.3 is 0 Å². The molecule has 2 aromatic carbocycles. The van der Waals surface area contributed by atoms with Gasteiger partial charge in [0.05, 0.1) is 0 Å². The predicted octanol–water partition coefficient (Wildman–Crippen LogP) is 3.51. The maximum atomic E-state index is 12.9. The van der Waals surface area contributed by atoms with Crippen LogP contribution in [-0.4, -0.2) is 11.8 Å². The normalized spacial score (nSPS) is 14.8. The summed E-state index contributed by atoms with van der Waals surface area (Å²) in [5.41, 5.74) is 0.349.